The van der Waals surface area contributed by atoms with Gasteiger partial charge in [0.2, 0.25) is 5.88 Å². The summed E-state index contributed by atoms with van der Waals surface area (Å²) in [6.45, 7) is 2.26. The molecular formula is C15H20F2N2O3. The van der Waals surface area contributed by atoms with Crippen molar-refractivity contribution in [2.75, 3.05) is 13.2 Å². The molecule has 1 aromatic heterocycles. The third-order valence-corrected chi connectivity index (χ3v) is 3.57. The lowest BCUT2D eigenvalue weighted by atomic mass is 10.0. The van der Waals surface area contributed by atoms with Crippen molar-refractivity contribution in [2.45, 2.75) is 45.4 Å². The molecule has 0 N–H and O–H groups in total. The molecule has 0 spiro atoms. The number of aromatic nitrogens is 1. The maximum absolute atomic E-state index is 12.7. The number of pyridine rings is 1. The van der Waals surface area contributed by atoms with E-state index in [1.165, 1.54) is 18.3 Å². The number of halogens is 2. The van der Waals surface area contributed by atoms with Gasteiger partial charge in [-0.15, -0.1) is 0 Å². The molecule has 0 radical (unpaired) electrons. The minimum atomic E-state index is -2.93. The molecule has 22 heavy (non-hydrogen) atoms. The van der Waals surface area contributed by atoms with Gasteiger partial charge in [0, 0.05) is 37.6 Å². The van der Waals surface area contributed by atoms with Gasteiger partial charge in [-0.05, 0) is 32.8 Å². The minimum Gasteiger partial charge on any atom is -0.417 e. The van der Waals surface area contributed by atoms with Gasteiger partial charge in [-0.25, -0.2) is 4.98 Å². The van der Waals surface area contributed by atoms with Gasteiger partial charge < -0.3 is 14.4 Å². The molecule has 0 atom stereocenters. The lowest BCUT2D eigenvalue weighted by Gasteiger charge is -2.37. The van der Waals surface area contributed by atoms with E-state index in [1.54, 1.807) is 0 Å². The monoisotopic (exact) mass is 314 g/mol. The normalized spacial score (nSPS) is 16.1. The maximum Gasteiger partial charge on any atom is 0.388 e. The Hall–Kier alpha value is -1.76. The predicted molar refractivity (Wildman–Crippen MR) is 76.0 cm³/mol. The number of hydrogen-bond acceptors (Lipinski definition) is 4. The van der Waals surface area contributed by atoms with E-state index in [-0.39, 0.29) is 23.9 Å². The first kappa shape index (κ1) is 16.6. The van der Waals surface area contributed by atoms with Crippen molar-refractivity contribution in [3.63, 3.8) is 0 Å². The van der Waals surface area contributed by atoms with Crippen LogP contribution < -0.4 is 4.74 Å². The summed E-state index contributed by atoms with van der Waals surface area (Å²) in [6, 6.07) is 2.90. The Bertz CT molecular complexity index is 488. The maximum atomic E-state index is 12.7. The molecular weight excluding hydrogens is 294 g/mol. The summed E-state index contributed by atoms with van der Waals surface area (Å²) in [7, 11) is 0. The van der Waals surface area contributed by atoms with E-state index in [1.807, 2.05) is 18.7 Å². The van der Waals surface area contributed by atoms with E-state index >= 15 is 0 Å². The number of nitrogens with zero attached hydrogens (tertiary/aromatic N) is 2. The lowest BCUT2D eigenvalue weighted by Crippen LogP contribution is -2.47. The second-order valence-corrected chi connectivity index (χ2v) is 5.41. The van der Waals surface area contributed by atoms with Crippen molar-refractivity contribution in [3.05, 3.63) is 23.9 Å². The van der Waals surface area contributed by atoms with Crippen LogP contribution in [0.25, 0.3) is 0 Å². The highest BCUT2D eigenvalue weighted by Gasteiger charge is 2.28. The summed E-state index contributed by atoms with van der Waals surface area (Å²) >= 11 is 0. The number of amides is 1. The quantitative estimate of drug-likeness (QED) is 0.838. The SMILES string of the molecule is CC(C)N(C(=O)c1ccc(OC(F)F)nc1)C1CCOCC1. The highest BCUT2D eigenvalue weighted by atomic mass is 19.3. The Labute approximate surface area is 128 Å². The predicted octanol–water partition coefficient (Wildman–Crippen LogP) is 2.71. The number of carbonyl (C=O) groups is 1. The Balaban J connectivity index is 2.12. The van der Waals surface area contributed by atoms with Crippen molar-refractivity contribution in [3.8, 4) is 5.88 Å². The van der Waals surface area contributed by atoms with Crippen LogP contribution in [0, 0.1) is 0 Å². The van der Waals surface area contributed by atoms with Gasteiger partial charge in [0.1, 0.15) is 0 Å². The average molecular weight is 314 g/mol. The van der Waals surface area contributed by atoms with E-state index in [0.29, 0.717) is 18.8 Å². The van der Waals surface area contributed by atoms with Gasteiger partial charge in [0.25, 0.3) is 5.91 Å². The molecule has 1 saturated heterocycles. The van der Waals surface area contributed by atoms with Gasteiger partial charge in [0.05, 0.1) is 5.56 Å². The van der Waals surface area contributed by atoms with E-state index in [0.717, 1.165) is 12.8 Å². The van der Waals surface area contributed by atoms with Crippen LogP contribution in [0.15, 0.2) is 18.3 Å². The Kier molecular flexibility index (Phi) is 5.65. The summed E-state index contributed by atoms with van der Waals surface area (Å²) in [6.07, 6.45) is 2.86. The fourth-order valence-electron chi connectivity index (χ4n) is 2.60. The van der Waals surface area contributed by atoms with Crippen LogP contribution in [0.3, 0.4) is 0 Å². The molecule has 1 aliphatic rings. The Morgan fingerprint density at radius 3 is 2.55 bits per heavy atom. The summed E-state index contributed by atoms with van der Waals surface area (Å²) in [5.74, 6) is -0.355. The molecule has 1 amide bonds. The fraction of sp³-hybridized carbons (Fsp3) is 0.600. The molecule has 1 aliphatic heterocycles. The molecule has 0 aliphatic carbocycles. The molecule has 7 heteroatoms. The second-order valence-electron chi connectivity index (χ2n) is 5.41. The second kappa shape index (κ2) is 7.49. The molecule has 0 bridgehead atoms. The van der Waals surface area contributed by atoms with Crippen LogP contribution >= 0.6 is 0 Å². The van der Waals surface area contributed by atoms with Crippen LogP contribution in [-0.2, 0) is 4.74 Å². The highest BCUT2D eigenvalue weighted by Crippen LogP contribution is 2.21. The van der Waals surface area contributed by atoms with Crippen molar-refractivity contribution < 1.29 is 23.0 Å². The molecule has 1 aromatic rings. The fourth-order valence-corrected chi connectivity index (χ4v) is 2.60. The molecule has 5 nitrogen and oxygen atoms in total. The van der Waals surface area contributed by atoms with Crippen molar-refractivity contribution in [1.29, 1.82) is 0 Å². The Morgan fingerprint density at radius 2 is 2.05 bits per heavy atom. The highest BCUT2D eigenvalue weighted by molar-refractivity contribution is 5.94. The third kappa shape index (κ3) is 4.13. The number of hydrogen-bond donors (Lipinski definition) is 0. The first-order valence-electron chi connectivity index (χ1n) is 7.30. The minimum absolute atomic E-state index is 0.0348. The van der Waals surface area contributed by atoms with Crippen LogP contribution in [0.1, 0.15) is 37.0 Å². The molecule has 122 valence electrons. The van der Waals surface area contributed by atoms with E-state index in [2.05, 4.69) is 9.72 Å². The summed E-state index contributed by atoms with van der Waals surface area (Å²) in [5.41, 5.74) is 0.363. The van der Waals surface area contributed by atoms with Crippen LogP contribution in [0.5, 0.6) is 5.88 Å². The number of rotatable bonds is 5. The largest absolute Gasteiger partial charge is 0.417 e. The molecule has 1 fully saturated rings. The van der Waals surface area contributed by atoms with E-state index < -0.39 is 6.61 Å². The van der Waals surface area contributed by atoms with Gasteiger partial charge in [-0.3, -0.25) is 4.79 Å². The molecule has 0 aromatic carbocycles. The molecule has 2 heterocycles. The van der Waals surface area contributed by atoms with Gasteiger partial charge >= 0.3 is 6.61 Å². The summed E-state index contributed by atoms with van der Waals surface area (Å²) in [4.78, 5) is 18.2. The number of alkyl halides is 2. The number of ether oxygens (including phenoxy) is 2. The van der Waals surface area contributed by atoms with E-state index in [4.69, 9.17) is 4.74 Å². The zero-order valence-electron chi connectivity index (χ0n) is 12.7. The third-order valence-electron chi connectivity index (χ3n) is 3.57. The van der Waals surface area contributed by atoms with Crippen molar-refractivity contribution in [1.82, 2.24) is 9.88 Å². The summed E-state index contributed by atoms with van der Waals surface area (Å²) in [5, 5.41) is 0. The first-order chi connectivity index (χ1) is 10.5. The lowest BCUT2D eigenvalue weighted by molar-refractivity contribution is -0.0528. The van der Waals surface area contributed by atoms with Crippen LogP contribution in [0.4, 0.5) is 8.78 Å². The topological polar surface area (TPSA) is 51.7 Å². The number of carbonyl (C=O) groups excluding carboxylic acids is 1. The Morgan fingerprint density at radius 1 is 1.36 bits per heavy atom. The van der Waals surface area contributed by atoms with Crippen molar-refractivity contribution in [2.24, 2.45) is 0 Å². The smallest absolute Gasteiger partial charge is 0.388 e. The van der Waals surface area contributed by atoms with Crippen LogP contribution in [-0.4, -0.2) is 47.7 Å². The first-order valence-corrected chi connectivity index (χ1v) is 7.30. The zero-order valence-corrected chi connectivity index (χ0v) is 12.7. The van der Waals surface area contributed by atoms with Gasteiger partial charge in [-0.2, -0.15) is 8.78 Å². The molecule has 0 unspecified atom stereocenters. The van der Waals surface area contributed by atoms with E-state index in [9.17, 15) is 13.6 Å². The van der Waals surface area contributed by atoms with Crippen LogP contribution in [0.2, 0.25) is 0 Å². The summed E-state index contributed by atoms with van der Waals surface area (Å²) < 4.78 is 33.7. The van der Waals surface area contributed by atoms with Gasteiger partial charge in [-0.1, -0.05) is 0 Å². The zero-order chi connectivity index (χ0) is 16.1. The van der Waals surface area contributed by atoms with Gasteiger partial charge in [0.15, 0.2) is 0 Å². The average Bonchev–Trinajstić information content (AvgIpc) is 2.48. The standard InChI is InChI=1S/C15H20F2N2O3/c1-10(2)19(12-5-7-21-8-6-12)14(20)11-3-4-13(18-9-11)22-15(16)17/h3-4,9-10,12,15H,5-8H2,1-2H3. The van der Waals surface area contributed by atoms with Crippen molar-refractivity contribution >= 4 is 5.91 Å². The molecule has 2 rings (SSSR count). The molecule has 0 saturated carbocycles.